The average molecular weight is 373 g/mol. The maximum Gasteiger partial charge on any atom is 0.261 e. The van der Waals surface area contributed by atoms with Crippen LogP contribution in [0.2, 0.25) is 10.0 Å². The molecule has 0 aliphatic carbocycles. The summed E-state index contributed by atoms with van der Waals surface area (Å²) in [6.45, 7) is 0.484. The van der Waals surface area contributed by atoms with Crippen LogP contribution in [0.4, 0.5) is 0 Å². The summed E-state index contributed by atoms with van der Waals surface area (Å²) in [5, 5.41) is 8.01. The first-order valence-corrected chi connectivity index (χ1v) is 8.36. The van der Waals surface area contributed by atoms with Crippen molar-refractivity contribution in [1.29, 1.82) is 0 Å². The van der Waals surface area contributed by atoms with E-state index in [0.717, 1.165) is 0 Å². The van der Waals surface area contributed by atoms with Crippen LogP contribution in [0.5, 0.6) is 5.75 Å². The Kier molecular flexibility index (Phi) is 6.70. The number of ether oxygens (including phenoxy) is 1. The molecule has 0 saturated heterocycles. The molecular formula is C15H14Cl2N2O3S. The Balaban J connectivity index is 1.64. The zero-order valence-electron chi connectivity index (χ0n) is 12.0. The number of carbonyl (C=O) groups is 2. The van der Waals surface area contributed by atoms with Gasteiger partial charge in [-0.15, -0.1) is 11.3 Å². The fourth-order valence-corrected chi connectivity index (χ4v) is 2.76. The first-order chi connectivity index (χ1) is 11.1. The van der Waals surface area contributed by atoms with Crippen molar-refractivity contribution in [3.8, 4) is 5.75 Å². The number of nitrogens with one attached hydrogen (secondary N) is 2. The summed E-state index contributed by atoms with van der Waals surface area (Å²) < 4.78 is 5.30. The molecule has 2 N–H and O–H groups in total. The highest BCUT2D eigenvalue weighted by Crippen LogP contribution is 2.27. The van der Waals surface area contributed by atoms with Gasteiger partial charge in [-0.3, -0.25) is 9.59 Å². The largest absolute Gasteiger partial charge is 0.482 e. The average Bonchev–Trinajstić information content (AvgIpc) is 3.05. The molecule has 122 valence electrons. The number of thiophene rings is 1. The van der Waals surface area contributed by atoms with Crippen molar-refractivity contribution in [2.24, 2.45) is 0 Å². The Morgan fingerprint density at radius 3 is 2.61 bits per heavy atom. The number of benzene rings is 1. The number of hydrogen-bond acceptors (Lipinski definition) is 4. The van der Waals surface area contributed by atoms with Crippen molar-refractivity contribution in [3.05, 3.63) is 50.6 Å². The SMILES string of the molecule is O=C(COc1ccc(Cl)cc1Cl)NCCNC(=O)c1cccs1. The van der Waals surface area contributed by atoms with Gasteiger partial charge in [0.1, 0.15) is 5.75 Å². The summed E-state index contributed by atoms with van der Waals surface area (Å²) in [5.74, 6) is -0.0722. The Bertz CT molecular complexity index is 677. The fraction of sp³-hybridized carbons (Fsp3) is 0.200. The monoisotopic (exact) mass is 372 g/mol. The van der Waals surface area contributed by atoms with Gasteiger partial charge in [-0.05, 0) is 29.6 Å². The van der Waals surface area contributed by atoms with Crippen molar-refractivity contribution in [2.45, 2.75) is 0 Å². The molecule has 1 aromatic heterocycles. The number of amides is 2. The summed E-state index contributed by atoms with van der Waals surface area (Å²) in [6, 6.07) is 8.30. The van der Waals surface area contributed by atoms with E-state index in [0.29, 0.717) is 33.8 Å². The third-order valence-electron chi connectivity index (χ3n) is 2.73. The van der Waals surface area contributed by atoms with Crippen LogP contribution in [-0.4, -0.2) is 31.5 Å². The highest BCUT2D eigenvalue weighted by molar-refractivity contribution is 7.12. The number of rotatable bonds is 7. The minimum absolute atomic E-state index is 0.154. The Labute approximate surface area is 147 Å². The predicted octanol–water partition coefficient (Wildman–Crippen LogP) is 2.98. The molecule has 1 heterocycles. The van der Waals surface area contributed by atoms with Crippen molar-refractivity contribution >= 4 is 46.4 Å². The smallest absolute Gasteiger partial charge is 0.261 e. The topological polar surface area (TPSA) is 67.4 Å². The Morgan fingerprint density at radius 1 is 1.13 bits per heavy atom. The molecule has 2 aromatic rings. The molecule has 23 heavy (non-hydrogen) atoms. The van der Waals surface area contributed by atoms with Crippen molar-refractivity contribution in [1.82, 2.24) is 10.6 Å². The van der Waals surface area contributed by atoms with E-state index < -0.39 is 0 Å². The van der Waals surface area contributed by atoms with Crippen LogP contribution < -0.4 is 15.4 Å². The van der Waals surface area contributed by atoms with Crippen molar-refractivity contribution in [3.63, 3.8) is 0 Å². The van der Waals surface area contributed by atoms with Crippen molar-refractivity contribution in [2.75, 3.05) is 19.7 Å². The minimum atomic E-state index is -0.304. The lowest BCUT2D eigenvalue weighted by Gasteiger charge is -2.09. The summed E-state index contributed by atoms with van der Waals surface area (Å²) in [5.41, 5.74) is 0. The van der Waals surface area contributed by atoms with E-state index >= 15 is 0 Å². The molecule has 8 heteroatoms. The molecule has 0 saturated carbocycles. The summed E-state index contributed by atoms with van der Waals surface area (Å²) >= 11 is 13.1. The van der Waals surface area contributed by atoms with Gasteiger partial charge in [-0.2, -0.15) is 0 Å². The van der Waals surface area contributed by atoms with Gasteiger partial charge in [0.25, 0.3) is 11.8 Å². The van der Waals surface area contributed by atoms with Gasteiger partial charge in [-0.1, -0.05) is 29.3 Å². The van der Waals surface area contributed by atoms with Gasteiger partial charge >= 0.3 is 0 Å². The number of carbonyl (C=O) groups excluding carboxylic acids is 2. The highest BCUT2D eigenvalue weighted by atomic mass is 35.5. The van der Waals surface area contributed by atoms with E-state index in [9.17, 15) is 9.59 Å². The summed E-state index contributed by atoms with van der Waals surface area (Å²) in [4.78, 5) is 24.0. The quantitative estimate of drug-likeness (QED) is 0.734. The molecule has 0 aliphatic heterocycles. The molecule has 1 aromatic carbocycles. The van der Waals surface area contributed by atoms with E-state index in [2.05, 4.69) is 10.6 Å². The molecule has 0 spiro atoms. The Hall–Kier alpha value is -1.76. The van der Waals surface area contributed by atoms with Crippen LogP contribution in [-0.2, 0) is 4.79 Å². The molecular weight excluding hydrogens is 359 g/mol. The van der Waals surface area contributed by atoms with Gasteiger partial charge in [0.15, 0.2) is 6.61 Å². The normalized spacial score (nSPS) is 10.2. The first-order valence-electron chi connectivity index (χ1n) is 6.72. The zero-order chi connectivity index (χ0) is 16.7. The highest BCUT2D eigenvalue weighted by Gasteiger charge is 2.07. The molecule has 2 amide bonds. The maximum atomic E-state index is 11.7. The van der Waals surface area contributed by atoms with E-state index in [1.54, 1.807) is 24.3 Å². The summed E-state index contributed by atoms with van der Waals surface area (Å²) in [6.07, 6.45) is 0. The lowest BCUT2D eigenvalue weighted by atomic mass is 10.3. The standard InChI is InChI=1S/C15H14Cl2N2O3S/c16-10-3-4-12(11(17)8-10)22-9-14(20)18-5-6-19-15(21)13-2-1-7-23-13/h1-4,7-8H,5-6,9H2,(H,18,20)(H,19,21). The van der Waals surface area contributed by atoms with Crippen LogP contribution in [0.25, 0.3) is 0 Å². The second kappa shape index (κ2) is 8.76. The van der Waals surface area contributed by atoms with Gasteiger partial charge < -0.3 is 15.4 Å². The second-order valence-electron chi connectivity index (χ2n) is 4.45. The number of halogens is 2. The van der Waals surface area contributed by atoms with E-state index in [1.807, 2.05) is 5.38 Å². The van der Waals surface area contributed by atoms with Crippen molar-refractivity contribution < 1.29 is 14.3 Å². The predicted molar refractivity (Wildman–Crippen MR) is 91.6 cm³/mol. The minimum Gasteiger partial charge on any atom is -0.482 e. The fourth-order valence-electron chi connectivity index (χ4n) is 1.66. The molecule has 0 bridgehead atoms. The van der Waals surface area contributed by atoms with E-state index in [1.165, 1.54) is 17.4 Å². The third-order valence-corrected chi connectivity index (χ3v) is 4.13. The molecule has 0 radical (unpaired) electrons. The van der Waals surface area contributed by atoms with Crippen LogP contribution >= 0.6 is 34.5 Å². The molecule has 5 nitrogen and oxygen atoms in total. The van der Waals surface area contributed by atoms with Gasteiger partial charge in [0.2, 0.25) is 0 Å². The van der Waals surface area contributed by atoms with E-state index in [4.69, 9.17) is 27.9 Å². The third kappa shape index (κ3) is 5.74. The maximum absolute atomic E-state index is 11.7. The first kappa shape index (κ1) is 17.6. The molecule has 0 aliphatic rings. The lowest BCUT2D eigenvalue weighted by Crippen LogP contribution is -2.36. The van der Waals surface area contributed by atoms with Gasteiger partial charge in [-0.25, -0.2) is 0 Å². The van der Waals surface area contributed by atoms with Crippen LogP contribution in [0.1, 0.15) is 9.67 Å². The lowest BCUT2D eigenvalue weighted by molar-refractivity contribution is -0.123. The van der Waals surface area contributed by atoms with Gasteiger partial charge in [0.05, 0.1) is 9.90 Å². The van der Waals surface area contributed by atoms with Crippen LogP contribution in [0, 0.1) is 0 Å². The van der Waals surface area contributed by atoms with E-state index in [-0.39, 0.29) is 18.4 Å². The Morgan fingerprint density at radius 2 is 1.91 bits per heavy atom. The van der Waals surface area contributed by atoms with Crippen LogP contribution in [0.15, 0.2) is 35.7 Å². The van der Waals surface area contributed by atoms with Crippen LogP contribution in [0.3, 0.4) is 0 Å². The molecule has 2 rings (SSSR count). The molecule has 0 unspecified atom stereocenters. The molecule has 0 fully saturated rings. The number of hydrogen-bond donors (Lipinski definition) is 2. The zero-order valence-corrected chi connectivity index (χ0v) is 14.3. The summed E-state index contributed by atoms with van der Waals surface area (Å²) in [7, 11) is 0. The van der Waals surface area contributed by atoms with Gasteiger partial charge in [0, 0.05) is 18.1 Å². The molecule has 0 atom stereocenters. The second-order valence-corrected chi connectivity index (χ2v) is 6.24.